The number of thiocarbonyl (C=S) groups is 1. The van der Waals surface area contributed by atoms with Crippen LogP contribution in [0.3, 0.4) is 0 Å². The van der Waals surface area contributed by atoms with Gasteiger partial charge in [-0.2, -0.15) is 0 Å². The predicted molar refractivity (Wildman–Crippen MR) is 94.4 cm³/mol. The molecule has 0 radical (unpaired) electrons. The van der Waals surface area contributed by atoms with Crippen LogP contribution in [-0.4, -0.2) is 11.0 Å². The zero-order valence-electron chi connectivity index (χ0n) is 11.8. The van der Waals surface area contributed by atoms with Crippen molar-refractivity contribution in [3.05, 3.63) is 71.0 Å². The van der Waals surface area contributed by atoms with Gasteiger partial charge in [-0.15, -0.1) is 0 Å². The van der Waals surface area contributed by atoms with Crippen LogP contribution in [0.2, 0.25) is 5.02 Å². The molecule has 2 aromatic rings. The van der Waals surface area contributed by atoms with Gasteiger partial charge < -0.3 is 5.32 Å². The number of hydrazine groups is 1. The van der Waals surface area contributed by atoms with Crippen LogP contribution in [-0.2, 0) is 4.79 Å². The minimum Gasteiger partial charge on any atom is -0.329 e. The Balaban J connectivity index is 1.82. The molecule has 7 heteroatoms. The molecule has 4 nitrogen and oxygen atoms in total. The van der Waals surface area contributed by atoms with Gasteiger partial charge in [-0.05, 0) is 48.1 Å². The number of carbonyl (C=O) groups excluding carboxylic acids is 1. The molecular weight excluding hydrogens is 337 g/mol. The van der Waals surface area contributed by atoms with Crippen LogP contribution in [0.4, 0.5) is 10.1 Å². The second-order valence-electron chi connectivity index (χ2n) is 4.44. The first kappa shape index (κ1) is 16.9. The summed E-state index contributed by atoms with van der Waals surface area (Å²) in [6, 6.07) is 13.1. The lowest BCUT2D eigenvalue weighted by atomic mass is 10.2. The molecule has 23 heavy (non-hydrogen) atoms. The normalized spacial score (nSPS) is 10.3. The molecule has 0 aromatic heterocycles. The van der Waals surface area contributed by atoms with Crippen molar-refractivity contribution in [2.75, 3.05) is 5.32 Å². The number of rotatable bonds is 3. The summed E-state index contributed by atoms with van der Waals surface area (Å²) in [5.74, 6) is -0.855. The fourth-order valence-corrected chi connectivity index (χ4v) is 2.02. The maximum atomic E-state index is 13.4. The van der Waals surface area contributed by atoms with Crippen LogP contribution >= 0.6 is 23.8 Å². The molecule has 0 fully saturated rings. The molecule has 2 aromatic carbocycles. The summed E-state index contributed by atoms with van der Waals surface area (Å²) in [5.41, 5.74) is 5.86. The van der Waals surface area contributed by atoms with Crippen molar-refractivity contribution in [2.45, 2.75) is 0 Å². The lowest BCUT2D eigenvalue weighted by molar-refractivity contribution is -0.116. The first-order valence-corrected chi connectivity index (χ1v) is 7.38. The Morgan fingerprint density at radius 1 is 1.13 bits per heavy atom. The number of carbonyl (C=O) groups is 1. The van der Waals surface area contributed by atoms with Crippen LogP contribution < -0.4 is 16.2 Å². The van der Waals surface area contributed by atoms with E-state index in [0.29, 0.717) is 5.02 Å². The standard InChI is InChI=1S/C16H13ClFN3OS/c17-12-5-3-4-11(10-12)8-9-15(22)20-21-16(23)19-14-7-2-1-6-13(14)18/h1-10H,(H,20,22)(H2,19,21,23)/b9-8+. The van der Waals surface area contributed by atoms with E-state index in [1.165, 1.54) is 18.2 Å². The Hall–Kier alpha value is -2.44. The average molecular weight is 350 g/mol. The van der Waals surface area contributed by atoms with Gasteiger partial charge in [0.1, 0.15) is 5.82 Å². The quantitative estimate of drug-likeness (QED) is 0.451. The van der Waals surface area contributed by atoms with Crippen molar-refractivity contribution in [3.63, 3.8) is 0 Å². The summed E-state index contributed by atoms with van der Waals surface area (Å²) in [6.45, 7) is 0. The van der Waals surface area contributed by atoms with E-state index >= 15 is 0 Å². The van der Waals surface area contributed by atoms with Crippen molar-refractivity contribution in [3.8, 4) is 0 Å². The summed E-state index contributed by atoms with van der Waals surface area (Å²) in [5, 5.41) is 3.29. The number of nitrogens with one attached hydrogen (secondary N) is 3. The second kappa shape index (κ2) is 8.26. The number of benzene rings is 2. The van der Waals surface area contributed by atoms with Gasteiger partial charge in [0.2, 0.25) is 0 Å². The first-order valence-electron chi connectivity index (χ1n) is 6.60. The number of amides is 1. The third-order valence-corrected chi connectivity index (χ3v) is 3.14. The summed E-state index contributed by atoms with van der Waals surface area (Å²) in [4.78, 5) is 11.7. The molecule has 0 heterocycles. The van der Waals surface area contributed by atoms with E-state index in [4.69, 9.17) is 23.8 Å². The van der Waals surface area contributed by atoms with E-state index in [2.05, 4.69) is 16.2 Å². The highest BCUT2D eigenvalue weighted by molar-refractivity contribution is 7.80. The summed E-state index contributed by atoms with van der Waals surface area (Å²) in [7, 11) is 0. The van der Waals surface area contributed by atoms with E-state index in [0.717, 1.165) is 5.56 Å². The highest BCUT2D eigenvalue weighted by Gasteiger charge is 2.03. The highest BCUT2D eigenvalue weighted by Crippen LogP contribution is 2.12. The molecule has 0 aliphatic carbocycles. The van der Waals surface area contributed by atoms with Gasteiger partial charge >= 0.3 is 0 Å². The van der Waals surface area contributed by atoms with Crippen LogP contribution in [0.5, 0.6) is 0 Å². The Morgan fingerprint density at radius 2 is 1.91 bits per heavy atom. The highest BCUT2D eigenvalue weighted by atomic mass is 35.5. The molecule has 0 atom stereocenters. The van der Waals surface area contributed by atoms with Crippen molar-refractivity contribution < 1.29 is 9.18 Å². The molecule has 118 valence electrons. The van der Waals surface area contributed by atoms with Crippen molar-refractivity contribution in [1.29, 1.82) is 0 Å². The smallest absolute Gasteiger partial charge is 0.262 e. The van der Waals surface area contributed by atoms with Crippen LogP contribution in [0.15, 0.2) is 54.6 Å². The van der Waals surface area contributed by atoms with E-state index in [1.54, 1.807) is 36.4 Å². The fourth-order valence-electron chi connectivity index (χ4n) is 1.66. The topological polar surface area (TPSA) is 53.2 Å². The molecule has 0 bridgehead atoms. The third-order valence-electron chi connectivity index (χ3n) is 2.70. The Morgan fingerprint density at radius 3 is 2.65 bits per heavy atom. The summed E-state index contributed by atoms with van der Waals surface area (Å²) >= 11 is 10.8. The first-order chi connectivity index (χ1) is 11.0. The number of hydrogen-bond donors (Lipinski definition) is 3. The van der Waals surface area contributed by atoms with Crippen LogP contribution in [0.25, 0.3) is 6.08 Å². The Labute approximate surface area is 143 Å². The maximum absolute atomic E-state index is 13.4. The molecule has 0 aliphatic rings. The second-order valence-corrected chi connectivity index (χ2v) is 5.28. The van der Waals surface area contributed by atoms with E-state index < -0.39 is 11.7 Å². The molecule has 0 saturated heterocycles. The van der Waals surface area contributed by atoms with E-state index in [-0.39, 0.29) is 10.8 Å². The molecule has 0 spiro atoms. The van der Waals surface area contributed by atoms with Gasteiger partial charge in [0.15, 0.2) is 5.11 Å². The predicted octanol–water partition coefficient (Wildman–Crippen LogP) is 3.51. The molecule has 0 aliphatic heterocycles. The molecule has 0 unspecified atom stereocenters. The SMILES string of the molecule is O=C(/C=C/c1cccc(Cl)c1)NNC(=S)Nc1ccccc1F. The Bertz CT molecular complexity index is 752. The zero-order chi connectivity index (χ0) is 16.7. The van der Waals surface area contributed by atoms with Gasteiger partial charge in [0.25, 0.3) is 5.91 Å². The number of para-hydroxylation sites is 1. The van der Waals surface area contributed by atoms with E-state index in [9.17, 15) is 9.18 Å². The number of halogens is 2. The molecule has 0 saturated carbocycles. The lowest BCUT2D eigenvalue weighted by Gasteiger charge is -2.10. The molecular formula is C16H13ClFN3OS. The van der Waals surface area contributed by atoms with Crippen molar-refractivity contribution in [2.24, 2.45) is 0 Å². The minimum atomic E-state index is -0.441. The number of hydrogen-bond acceptors (Lipinski definition) is 2. The summed E-state index contributed by atoms with van der Waals surface area (Å²) < 4.78 is 13.4. The minimum absolute atomic E-state index is 0.0691. The van der Waals surface area contributed by atoms with Gasteiger partial charge in [-0.1, -0.05) is 35.9 Å². The van der Waals surface area contributed by atoms with Gasteiger partial charge in [-0.25, -0.2) is 4.39 Å². The monoisotopic (exact) mass is 349 g/mol. The number of anilines is 1. The molecule has 3 N–H and O–H groups in total. The third kappa shape index (κ3) is 5.69. The fraction of sp³-hybridized carbons (Fsp3) is 0. The largest absolute Gasteiger partial charge is 0.329 e. The van der Waals surface area contributed by atoms with Gasteiger partial charge in [0, 0.05) is 11.1 Å². The van der Waals surface area contributed by atoms with E-state index in [1.807, 2.05) is 6.07 Å². The average Bonchev–Trinajstić information content (AvgIpc) is 2.53. The van der Waals surface area contributed by atoms with Crippen LogP contribution in [0.1, 0.15) is 5.56 Å². The Kier molecular flexibility index (Phi) is 6.08. The van der Waals surface area contributed by atoms with Crippen molar-refractivity contribution in [1.82, 2.24) is 10.9 Å². The molecule has 1 amide bonds. The van der Waals surface area contributed by atoms with Gasteiger partial charge in [-0.3, -0.25) is 15.6 Å². The zero-order valence-corrected chi connectivity index (χ0v) is 13.4. The maximum Gasteiger partial charge on any atom is 0.262 e. The van der Waals surface area contributed by atoms with Gasteiger partial charge in [0.05, 0.1) is 5.69 Å². The molecule has 2 rings (SSSR count). The van der Waals surface area contributed by atoms with Crippen LogP contribution in [0, 0.1) is 5.82 Å². The van der Waals surface area contributed by atoms with Crippen molar-refractivity contribution >= 4 is 46.6 Å². The lowest BCUT2D eigenvalue weighted by Crippen LogP contribution is -2.43. The summed E-state index contributed by atoms with van der Waals surface area (Å²) in [6.07, 6.45) is 2.93.